The largest absolute Gasteiger partial charge is 0.465 e. The van der Waals surface area contributed by atoms with Gasteiger partial charge < -0.3 is 15.0 Å². The summed E-state index contributed by atoms with van der Waals surface area (Å²) < 4.78 is 18.4. The molecule has 0 aromatic heterocycles. The van der Waals surface area contributed by atoms with Crippen LogP contribution in [0.5, 0.6) is 0 Å². The van der Waals surface area contributed by atoms with E-state index in [4.69, 9.17) is 0 Å². The van der Waals surface area contributed by atoms with Crippen LogP contribution in [0.3, 0.4) is 0 Å². The fraction of sp³-hybridized carbons (Fsp3) is 0.286. The molecule has 1 N–H and O–H groups in total. The maximum Gasteiger partial charge on any atom is 0.337 e. The summed E-state index contributed by atoms with van der Waals surface area (Å²) in [4.78, 5) is 37.9. The molecule has 0 unspecified atom stereocenters. The Morgan fingerprint density at radius 1 is 1.04 bits per heavy atom. The SMILES string of the molecule is COC(=O)c1ccc(NC(=O)C2CCN(C(=O)c3ccccc3F)CC2)cc1. The number of likely N-dealkylation sites (tertiary alicyclic amines) is 1. The predicted octanol–water partition coefficient (Wildman–Crippen LogP) is 3.10. The summed E-state index contributed by atoms with van der Waals surface area (Å²) in [6, 6.07) is 12.3. The molecule has 1 heterocycles. The quantitative estimate of drug-likeness (QED) is 0.822. The van der Waals surface area contributed by atoms with Crippen LogP contribution in [0.1, 0.15) is 33.6 Å². The van der Waals surface area contributed by atoms with Gasteiger partial charge in [0, 0.05) is 24.7 Å². The van der Waals surface area contributed by atoms with Gasteiger partial charge in [-0.15, -0.1) is 0 Å². The number of ether oxygens (including phenoxy) is 1. The number of methoxy groups -OCH3 is 1. The molecule has 28 heavy (non-hydrogen) atoms. The van der Waals surface area contributed by atoms with Gasteiger partial charge in [-0.2, -0.15) is 0 Å². The van der Waals surface area contributed by atoms with Crippen LogP contribution in [0.2, 0.25) is 0 Å². The van der Waals surface area contributed by atoms with Crippen molar-refractivity contribution in [1.29, 1.82) is 0 Å². The number of esters is 1. The Hall–Kier alpha value is -3.22. The third-order valence-corrected chi connectivity index (χ3v) is 4.83. The summed E-state index contributed by atoms with van der Waals surface area (Å²) in [5.41, 5.74) is 1.04. The molecule has 1 aliphatic heterocycles. The van der Waals surface area contributed by atoms with E-state index in [1.54, 1.807) is 41.3 Å². The Balaban J connectivity index is 1.54. The second-order valence-electron chi connectivity index (χ2n) is 6.60. The number of hydrogen-bond acceptors (Lipinski definition) is 4. The van der Waals surface area contributed by atoms with E-state index in [1.165, 1.54) is 19.2 Å². The Morgan fingerprint density at radius 2 is 1.68 bits per heavy atom. The van der Waals surface area contributed by atoms with Gasteiger partial charge in [-0.3, -0.25) is 9.59 Å². The molecule has 7 heteroatoms. The number of anilines is 1. The first-order chi connectivity index (χ1) is 13.5. The van der Waals surface area contributed by atoms with Gasteiger partial charge in [0.2, 0.25) is 5.91 Å². The summed E-state index contributed by atoms with van der Waals surface area (Å²) in [6.07, 6.45) is 1.01. The van der Waals surface area contributed by atoms with Gasteiger partial charge in [0.05, 0.1) is 18.2 Å². The lowest BCUT2D eigenvalue weighted by Gasteiger charge is -2.31. The van der Waals surface area contributed by atoms with Crippen LogP contribution in [0.25, 0.3) is 0 Å². The number of piperidine rings is 1. The Bertz CT molecular complexity index is 874. The normalized spacial score (nSPS) is 14.4. The molecular formula is C21H21FN2O4. The highest BCUT2D eigenvalue weighted by Gasteiger charge is 2.28. The first-order valence-corrected chi connectivity index (χ1v) is 9.02. The van der Waals surface area contributed by atoms with Crippen molar-refractivity contribution in [2.24, 2.45) is 5.92 Å². The van der Waals surface area contributed by atoms with Crippen LogP contribution in [-0.4, -0.2) is 42.9 Å². The third-order valence-electron chi connectivity index (χ3n) is 4.83. The van der Waals surface area contributed by atoms with Crippen LogP contribution in [0, 0.1) is 11.7 Å². The smallest absolute Gasteiger partial charge is 0.337 e. The van der Waals surface area contributed by atoms with E-state index < -0.39 is 11.8 Å². The molecule has 1 aliphatic rings. The van der Waals surface area contributed by atoms with Crippen LogP contribution >= 0.6 is 0 Å². The molecule has 3 rings (SSSR count). The highest BCUT2D eigenvalue weighted by Crippen LogP contribution is 2.22. The minimum atomic E-state index is -0.539. The standard InChI is InChI=1S/C21H21FN2O4/c1-28-21(27)15-6-8-16(9-7-15)23-19(25)14-10-12-24(13-11-14)20(26)17-4-2-3-5-18(17)22/h2-9,14H,10-13H2,1H3,(H,23,25). The molecule has 146 valence electrons. The van der Waals surface area contributed by atoms with Crippen molar-refractivity contribution in [3.05, 3.63) is 65.5 Å². The van der Waals surface area contributed by atoms with Crippen LogP contribution in [0.15, 0.2) is 48.5 Å². The summed E-state index contributed by atoms with van der Waals surface area (Å²) in [5, 5.41) is 2.83. The molecule has 1 saturated heterocycles. The summed E-state index contributed by atoms with van der Waals surface area (Å²) in [5.74, 6) is -1.70. The highest BCUT2D eigenvalue weighted by atomic mass is 19.1. The summed E-state index contributed by atoms with van der Waals surface area (Å²) >= 11 is 0. The predicted molar refractivity (Wildman–Crippen MR) is 101 cm³/mol. The zero-order chi connectivity index (χ0) is 20.1. The number of halogens is 1. The maximum absolute atomic E-state index is 13.8. The van der Waals surface area contributed by atoms with E-state index in [2.05, 4.69) is 10.1 Å². The van der Waals surface area contributed by atoms with Gasteiger partial charge in [0.25, 0.3) is 5.91 Å². The number of carbonyl (C=O) groups is 3. The van der Waals surface area contributed by atoms with E-state index in [9.17, 15) is 18.8 Å². The van der Waals surface area contributed by atoms with Crippen LogP contribution in [-0.2, 0) is 9.53 Å². The third kappa shape index (κ3) is 4.36. The van der Waals surface area contributed by atoms with Gasteiger partial charge >= 0.3 is 5.97 Å². The zero-order valence-corrected chi connectivity index (χ0v) is 15.5. The first-order valence-electron chi connectivity index (χ1n) is 9.02. The second kappa shape index (κ2) is 8.65. The number of nitrogens with zero attached hydrogens (tertiary/aromatic N) is 1. The van der Waals surface area contributed by atoms with Crippen molar-refractivity contribution in [2.75, 3.05) is 25.5 Å². The molecule has 1 fully saturated rings. The molecule has 2 aromatic carbocycles. The Morgan fingerprint density at radius 3 is 2.29 bits per heavy atom. The molecule has 0 aliphatic carbocycles. The lowest BCUT2D eigenvalue weighted by molar-refractivity contribution is -0.121. The van der Waals surface area contributed by atoms with Gasteiger partial charge in [-0.1, -0.05) is 12.1 Å². The molecule has 2 aromatic rings. The molecule has 0 bridgehead atoms. The zero-order valence-electron chi connectivity index (χ0n) is 15.5. The lowest BCUT2D eigenvalue weighted by atomic mass is 9.95. The van der Waals surface area contributed by atoms with E-state index in [1.807, 2.05) is 0 Å². The first kappa shape index (κ1) is 19.5. The lowest BCUT2D eigenvalue weighted by Crippen LogP contribution is -2.41. The van der Waals surface area contributed by atoms with Crippen molar-refractivity contribution in [1.82, 2.24) is 4.90 Å². The molecule has 0 radical (unpaired) electrons. The van der Waals surface area contributed by atoms with E-state index >= 15 is 0 Å². The van der Waals surface area contributed by atoms with E-state index in [-0.39, 0.29) is 23.3 Å². The van der Waals surface area contributed by atoms with Gasteiger partial charge in [-0.25, -0.2) is 9.18 Å². The Labute approximate surface area is 162 Å². The van der Waals surface area contributed by atoms with Crippen molar-refractivity contribution in [2.45, 2.75) is 12.8 Å². The number of amides is 2. The average Bonchev–Trinajstić information content (AvgIpc) is 2.73. The van der Waals surface area contributed by atoms with Crippen LogP contribution < -0.4 is 5.32 Å². The van der Waals surface area contributed by atoms with Crippen molar-refractivity contribution >= 4 is 23.5 Å². The molecule has 0 saturated carbocycles. The number of carbonyl (C=O) groups excluding carboxylic acids is 3. The minimum absolute atomic E-state index is 0.0519. The highest BCUT2D eigenvalue weighted by molar-refractivity contribution is 5.96. The summed E-state index contributed by atoms with van der Waals surface area (Å²) in [7, 11) is 1.31. The molecule has 2 amide bonds. The molecular weight excluding hydrogens is 363 g/mol. The van der Waals surface area contributed by atoms with Crippen molar-refractivity contribution in [3.8, 4) is 0 Å². The topological polar surface area (TPSA) is 75.7 Å². The van der Waals surface area contributed by atoms with Crippen LogP contribution in [0.4, 0.5) is 10.1 Å². The Kier molecular flexibility index (Phi) is 6.03. The fourth-order valence-electron chi connectivity index (χ4n) is 3.20. The summed E-state index contributed by atoms with van der Waals surface area (Å²) in [6.45, 7) is 0.791. The molecule has 6 nitrogen and oxygen atoms in total. The van der Waals surface area contributed by atoms with E-state index in [0.29, 0.717) is 37.2 Å². The molecule has 0 spiro atoms. The van der Waals surface area contributed by atoms with Crippen molar-refractivity contribution < 1.29 is 23.5 Å². The number of rotatable bonds is 4. The minimum Gasteiger partial charge on any atom is -0.465 e. The number of hydrogen-bond donors (Lipinski definition) is 1. The van der Waals surface area contributed by atoms with Gasteiger partial charge in [0.15, 0.2) is 0 Å². The number of nitrogens with one attached hydrogen (secondary N) is 1. The number of benzene rings is 2. The van der Waals surface area contributed by atoms with E-state index in [0.717, 1.165) is 0 Å². The maximum atomic E-state index is 13.8. The average molecular weight is 384 g/mol. The van der Waals surface area contributed by atoms with Crippen molar-refractivity contribution in [3.63, 3.8) is 0 Å². The van der Waals surface area contributed by atoms with Gasteiger partial charge in [0.1, 0.15) is 5.82 Å². The monoisotopic (exact) mass is 384 g/mol. The molecule has 0 atom stereocenters. The second-order valence-corrected chi connectivity index (χ2v) is 6.60. The van der Waals surface area contributed by atoms with Gasteiger partial charge in [-0.05, 0) is 49.2 Å². The fourth-order valence-corrected chi connectivity index (χ4v) is 3.20.